The Hall–Kier alpha value is -1.75. The average Bonchev–Trinajstić information content (AvgIpc) is 2.67. The van der Waals surface area contributed by atoms with Crippen molar-refractivity contribution in [3.63, 3.8) is 0 Å². The van der Waals surface area contributed by atoms with E-state index in [1.807, 2.05) is 17.9 Å². The molecule has 0 radical (unpaired) electrons. The third-order valence-corrected chi connectivity index (χ3v) is 7.95. The van der Waals surface area contributed by atoms with Gasteiger partial charge in [0.15, 0.2) is 5.60 Å². The SMILES string of the molecule is C[C@H]1CN(S(=O)(=O)C2=CC=CCC2=S)CCN1c1ccc(C(C)(O)C(F)(F)F)cc1. The largest absolute Gasteiger partial charge is 0.421 e. The molecule has 1 fully saturated rings. The number of allylic oxidation sites excluding steroid dienone is 4. The summed E-state index contributed by atoms with van der Waals surface area (Å²) in [4.78, 5) is 2.48. The number of thiocarbonyl (C=S) groups is 1. The van der Waals surface area contributed by atoms with E-state index in [-0.39, 0.29) is 29.6 Å². The lowest BCUT2D eigenvalue weighted by Crippen LogP contribution is -2.54. The number of rotatable bonds is 4. The van der Waals surface area contributed by atoms with E-state index in [9.17, 15) is 26.7 Å². The molecule has 2 aliphatic rings. The summed E-state index contributed by atoms with van der Waals surface area (Å²) >= 11 is 5.21. The molecule has 1 unspecified atom stereocenters. The van der Waals surface area contributed by atoms with Gasteiger partial charge < -0.3 is 10.0 Å². The highest BCUT2D eigenvalue weighted by molar-refractivity contribution is 7.96. The third kappa shape index (κ3) is 4.18. The minimum atomic E-state index is -4.79. The van der Waals surface area contributed by atoms with Crippen LogP contribution in [0.5, 0.6) is 0 Å². The Labute approximate surface area is 179 Å². The second-order valence-corrected chi connectivity index (χ2v) is 10.0. The van der Waals surface area contributed by atoms with Crippen LogP contribution < -0.4 is 4.90 Å². The fourth-order valence-electron chi connectivity index (χ4n) is 3.56. The third-order valence-electron chi connectivity index (χ3n) is 5.48. The van der Waals surface area contributed by atoms with Gasteiger partial charge in [0.1, 0.15) is 0 Å². The van der Waals surface area contributed by atoms with Crippen LogP contribution in [0.4, 0.5) is 18.9 Å². The zero-order valence-electron chi connectivity index (χ0n) is 16.6. The molecule has 10 heteroatoms. The number of anilines is 1. The van der Waals surface area contributed by atoms with Gasteiger partial charge in [0.05, 0.1) is 4.91 Å². The number of nitrogens with zero attached hydrogens (tertiary/aromatic N) is 2. The van der Waals surface area contributed by atoms with Crippen molar-refractivity contribution in [2.75, 3.05) is 24.5 Å². The average molecular weight is 461 g/mol. The van der Waals surface area contributed by atoms with Crippen LogP contribution in [-0.2, 0) is 15.6 Å². The van der Waals surface area contributed by atoms with Crippen molar-refractivity contribution in [3.05, 3.63) is 53.0 Å². The van der Waals surface area contributed by atoms with Crippen molar-refractivity contribution in [3.8, 4) is 0 Å². The van der Waals surface area contributed by atoms with E-state index >= 15 is 0 Å². The van der Waals surface area contributed by atoms with E-state index < -0.39 is 21.8 Å². The van der Waals surface area contributed by atoms with E-state index in [1.54, 1.807) is 6.08 Å². The Morgan fingerprint density at radius 2 is 1.80 bits per heavy atom. The summed E-state index contributed by atoms with van der Waals surface area (Å²) < 4.78 is 66.4. The van der Waals surface area contributed by atoms with E-state index in [4.69, 9.17) is 12.2 Å². The highest BCUT2D eigenvalue weighted by atomic mass is 32.2. The van der Waals surface area contributed by atoms with Gasteiger partial charge in [-0.05, 0) is 37.6 Å². The molecule has 1 saturated heterocycles. The van der Waals surface area contributed by atoms with E-state index in [1.165, 1.54) is 34.6 Å². The number of benzene rings is 1. The van der Waals surface area contributed by atoms with Gasteiger partial charge in [-0.2, -0.15) is 17.5 Å². The smallest absolute Gasteiger partial charge is 0.376 e. The zero-order valence-corrected chi connectivity index (χ0v) is 18.2. The number of hydrogen-bond acceptors (Lipinski definition) is 5. The van der Waals surface area contributed by atoms with Gasteiger partial charge in [0.2, 0.25) is 10.0 Å². The van der Waals surface area contributed by atoms with Crippen LogP contribution in [-0.4, -0.2) is 54.5 Å². The summed E-state index contributed by atoms with van der Waals surface area (Å²) in [5, 5.41) is 9.81. The van der Waals surface area contributed by atoms with Crippen LogP contribution in [0.2, 0.25) is 0 Å². The van der Waals surface area contributed by atoms with Crippen molar-refractivity contribution in [2.45, 2.75) is 38.1 Å². The summed E-state index contributed by atoms with van der Waals surface area (Å²) in [5.41, 5.74) is -2.53. The van der Waals surface area contributed by atoms with Crippen LogP contribution >= 0.6 is 12.2 Å². The van der Waals surface area contributed by atoms with Crippen LogP contribution in [0, 0.1) is 0 Å². The monoisotopic (exact) mass is 460 g/mol. The lowest BCUT2D eigenvalue weighted by atomic mass is 9.95. The van der Waals surface area contributed by atoms with Gasteiger partial charge in [0, 0.05) is 42.6 Å². The van der Waals surface area contributed by atoms with Gasteiger partial charge in [-0.15, -0.1) is 0 Å². The Balaban J connectivity index is 1.75. The molecule has 0 aromatic heterocycles. The molecule has 0 amide bonds. The fraction of sp³-hybridized carbons (Fsp3) is 0.450. The first kappa shape index (κ1) is 22.9. The van der Waals surface area contributed by atoms with Crippen molar-refractivity contribution in [1.82, 2.24) is 4.31 Å². The standard InChI is InChI=1S/C20H23F3N2O3S2/c1-14-13-24(30(27,28)18-6-4-3-5-17(18)29)11-12-25(14)16-9-7-15(8-10-16)19(2,26)20(21,22)23/h3-4,6-10,14,26H,5,11-13H2,1-2H3/t14-,19?/m0/s1. The highest BCUT2D eigenvalue weighted by Gasteiger charge is 2.51. The molecular weight excluding hydrogens is 437 g/mol. The molecule has 1 aliphatic carbocycles. The maximum Gasteiger partial charge on any atom is 0.421 e. The zero-order chi connectivity index (χ0) is 22.3. The van der Waals surface area contributed by atoms with Gasteiger partial charge in [0.25, 0.3) is 0 Å². The number of halogens is 3. The lowest BCUT2D eigenvalue weighted by molar-refractivity contribution is -0.258. The first-order chi connectivity index (χ1) is 13.9. The van der Waals surface area contributed by atoms with Crippen molar-refractivity contribution in [1.29, 1.82) is 0 Å². The molecule has 1 aliphatic heterocycles. The molecule has 0 saturated carbocycles. The van der Waals surface area contributed by atoms with Crippen molar-refractivity contribution < 1.29 is 26.7 Å². The van der Waals surface area contributed by atoms with Crippen LogP contribution in [0.25, 0.3) is 0 Å². The Morgan fingerprint density at radius 3 is 2.33 bits per heavy atom. The molecule has 164 valence electrons. The van der Waals surface area contributed by atoms with Crippen LogP contribution in [0.1, 0.15) is 25.8 Å². The van der Waals surface area contributed by atoms with E-state index in [2.05, 4.69) is 0 Å². The molecule has 1 aromatic rings. The minimum Gasteiger partial charge on any atom is -0.376 e. The molecule has 0 spiro atoms. The predicted molar refractivity (Wildman–Crippen MR) is 114 cm³/mol. The Morgan fingerprint density at radius 1 is 1.17 bits per heavy atom. The van der Waals surface area contributed by atoms with Gasteiger partial charge in [-0.1, -0.05) is 36.5 Å². The second-order valence-electron chi connectivity index (χ2n) is 7.61. The molecule has 2 atom stereocenters. The van der Waals surface area contributed by atoms with E-state index in [0.29, 0.717) is 30.4 Å². The number of piperazine rings is 1. The molecule has 5 nitrogen and oxygen atoms in total. The van der Waals surface area contributed by atoms with Gasteiger partial charge >= 0.3 is 6.18 Å². The normalized spacial score (nSPS) is 23.3. The number of hydrogen-bond donors (Lipinski definition) is 1. The highest BCUT2D eigenvalue weighted by Crippen LogP contribution is 2.39. The van der Waals surface area contributed by atoms with Crippen molar-refractivity contribution in [2.24, 2.45) is 0 Å². The lowest BCUT2D eigenvalue weighted by Gasteiger charge is -2.41. The minimum absolute atomic E-state index is 0.152. The molecule has 1 heterocycles. The Kier molecular flexibility index (Phi) is 6.16. The first-order valence-corrected chi connectivity index (χ1v) is 11.3. The van der Waals surface area contributed by atoms with Crippen molar-refractivity contribution >= 4 is 32.8 Å². The fourth-order valence-corrected chi connectivity index (χ4v) is 5.67. The number of alkyl halides is 3. The molecule has 0 bridgehead atoms. The predicted octanol–water partition coefficient (Wildman–Crippen LogP) is 3.51. The van der Waals surface area contributed by atoms with E-state index in [0.717, 1.165) is 0 Å². The summed E-state index contributed by atoms with van der Waals surface area (Å²) in [7, 11) is -3.70. The molecular formula is C20H23F3N2O3S2. The maximum atomic E-state index is 13.0. The quantitative estimate of drug-likeness (QED) is 0.697. The molecule has 3 rings (SSSR count). The Bertz CT molecular complexity index is 984. The second kappa shape index (κ2) is 8.07. The first-order valence-electron chi connectivity index (χ1n) is 9.42. The summed E-state index contributed by atoms with van der Waals surface area (Å²) in [6, 6.07) is 5.32. The summed E-state index contributed by atoms with van der Waals surface area (Å²) in [6.45, 7) is 3.42. The van der Waals surface area contributed by atoms with Gasteiger partial charge in [-0.3, -0.25) is 0 Å². The maximum absolute atomic E-state index is 13.0. The van der Waals surface area contributed by atoms with Gasteiger partial charge in [-0.25, -0.2) is 8.42 Å². The topological polar surface area (TPSA) is 60.9 Å². The number of sulfonamides is 1. The number of aliphatic hydroxyl groups is 1. The van der Waals surface area contributed by atoms with Crippen LogP contribution in [0.15, 0.2) is 47.4 Å². The van der Waals surface area contributed by atoms with Crippen LogP contribution in [0.3, 0.4) is 0 Å². The molecule has 1 N–H and O–H groups in total. The molecule has 1 aromatic carbocycles. The summed E-state index contributed by atoms with van der Waals surface area (Å²) in [6.07, 6.45) is 0.639. The molecule has 30 heavy (non-hydrogen) atoms. The summed E-state index contributed by atoms with van der Waals surface area (Å²) in [5.74, 6) is 0.